The summed E-state index contributed by atoms with van der Waals surface area (Å²) in [6, 6.07) is 25.4. The maximum absolute atomic E-state index is 13.9. The molecule has 2 heterocycles. The Bertz CT molecular complexity index is 1590. The van der Waals surface area contributed by atoms with E-state index in [4.69, 9.17) is 9.72 Å². The molecule has 0 saturated heterocycles. The molecule has 1 atom stereocenters. The summed E-state index contributed by atoms with van der Waals surface area (Å²) in [7, 11) is 1.61. The van der Waals surface area contributed by atoms with E-state index in [1.165, 1.54) is 5.69 Å². The van der Waals surface area contributed by atoms with Gasteiger partial charge in [0.15, 0.2) is 0 Å². The number of rotatable bonds is 5. The SMILES string of the molecule is COc1ccc2nc(-c3ccccc3)cc(C(=O)NC3(CO)CCc4[nH]c5ccccc5c4C3)c2c1. The van der Waals surface area contributed by atoms with E-state index >= 15 is 0 Å². The third-order valence-corrected chi connectivity index (χ3v) is 7.28. The molecule has 0 aliphatic heterocycles. The Morgan fingerprint density at radius 2 is 1.86 bits per heavy atom. The smallest absolute Gasteiger partial charge is 0.252 e. The number of hydrogen-bond donors (Lipinski definition) is 3. The van der Waals surface area contributed by atoms with Gasteiger partial charge in [0.05, 0.1) is 36.0 Å². The predicted molar refractivity (Wildman–Crippen MR) is 141 cm³/mol. The van der Waals surface area contributed by atoms with Gasteiger partial charge in [0, 0.05) is 34.0 Å². The number of amides is 1. The second kappa shape index (κ2) is 8.81. The summed E-state index contributed by atoms with van der Waals surface area (Å²) in [4.78, 5) is 22.2. The van der Waals surface area contributed by atoms with Crippen LogP contribution in [-0.4, -0.2) is 40.2 Å². The Morgan fingerprint density at radius 3 is 2.67 bits per heavy atom. The number of aromatic nitrogens is 2. The summed E-state index contributed by atoms with van der Waals surface area (Å²) < 4.78 is 5.43. The first-order valence-electron chi connectivity index (χ1n) is 12.2. The Morgan fingerprint density at radius 1 is 1.06 bits per heavy atom. The van der Waals surface area contributed by atoms with E-state index in [1.54, 1.807) is 7.11 Å². The minimum absolute atomic E-state index is 0.143. The van der Waals surface area contributed by atoms with Crippen molar-refractivity contribution < 1.29 is 14.6 Å². The van der Waals surface area contributed by atoms with Crippen LogP contribution in [0.25, 0.3) is 33.1 Å². The first kappa shape index (κ1) is 22.3. The van der Waals surface area contributed by atoms with Crippen LogP contribution in [0, 0.1) is 0 Å². The van der Waals surface area contributed by atoms with Gasteiger partial charge in [-0.05, 0) is 48.7 Å². The second-order valence-corrected chi connectivity index (χ2v) is 9.50. The molecule has 6 heteroatoms. The fourth-order valence-corrected chi connectivity index (χ4v) is 5.33. The zero-order valence-corrected chi connectivity index (χ0v) is 20.0. The number of ether oxygens (including phenoxy) is 1. The lowest BCUT2D eigenvalue weighted by Crippen LogP contribution is -2.54. The zero-order valence-electron chi connectivity index (χ0n) is 20.0. The molecule has 2 aromatic heterocycles. The van der Waals surface area contributed by atoms with Gasteiger partial charge in [0.25, 0.3) is 5.91 Å². The first-order valence-corrected chi connectivity index (χ1v) is 12.2. The lowest BCUT2D eigenvalue weighted by molar-refractivity contribution is 0.0810. The number of aryl methyl sites for hydroxylation is 1. The molecule has 0 bridgehead atoms. The Labute approximate surface area is 209 Å². The molecule has 36 heavy (non-hydrogen) atoms. The molecule has 1 unspecified atom stereocenters. The zero-order chi connectivity index (χ0) is 24.7. The lowest BCUT2D eigenvalue weighted by atomic mass is 9.80. The standard InChI is InChI=1S/C30H27N3O3/c1-36-20-11-12-26-22(15-20)23(16-28(32-26)19-7-3-2-4-8-19)29(35)33-30(18-34)14-13-27-24(17-30)21-9-5-6-10-25(21)31-27/h2-12,15-16,31,34H,13-14,17-18H2,1H3,(H,33,35). The molecular weight excluding hydrogens is 450 g/mol. The molecule has 0 spiro atoms. The third kappa shape index (κ3) is 3.80. The van der Waals surface area contributed by atoms with Gasteiger partial charge < -0.3 is 20.1 Å². The number of carbonyl (C=O) groups excluding carboxylic acids is 1. The number of carbonyl (C=O) groups is 1. The van der Waals surface area contributed by atoms with E-state index < -0.39 is 5.54 Å². The number of benzene rings is 3. The molecule has 5 aromatic rings. The molecular formula is C30H27N3O3. The average molecular weight is 478 g/mol. The molecule has 0 radical (unpaired) electrons. The van der Waals surface area contributed by atoms with Gasteiger partial charge in [-0.3, -0.25) is 4.79 Å². The number of nitrogens with one attached hydrogen (secondary N) is 2. The number of para-hydroxylation sites is 1. The maximum atomic E-state index is 13.9. The van der Waals surface area contributed by atoms with Crippen molar-refractivity contribution in [2.75, 3.05) is 13.7 Å². The number of pyridine rings is 1. The third-order valence-electron chi connectivity index (χ3n) is 7.28. The highest BCUT2D eigenvalue weighted by Gasteiger charge is 2.37. The van der Waals surface area contributed by atoms with E-state index in [0.717, 1.165) is 34.1 Å². The molecule has 0 saturated carbocycles. The molecule has 1 amide bonds. The first-order chi connectivity index (χ1) is 17.6. The van der Waals surface area contributed by atoms with Crippen molar-refractivity contribution in [1.82, 2.24) is 15.3 Å². The number of aliphatic hydroxyl groups excluding tert-OH is 1. The summed E-state index contributed by atoms with van der Waals surface area (Å²) in [5, 5.41) is 15.6. The largest absolute Gasteiger partial charge is 0.497 e. The highest BCUT2D eigenvalue weighted by Crippen LogP contribution is 2.35. The van der Waals surface area contributed by atoms with Gasteiger partial charge in [-0.15, -0.1) is 0 Å². The number of aromatic amines is 1. The maximum Gasteiger partial charge on any atom is 0.252 e. The van der Waals surface area contributed by atoms with Crippen LogP contribution in [0.2, 0.25) is 0 Å². The van der Waals surface area contributed by atoms with Crippen LogP contribution in [0.1, 0.15) is 28.0 Å². The fraction of sp³-hybridized carbons (Fsp3) is 0.200. The number of aliphatic hydroxyl groups is 1. The number of fused-ring (bicyclic) bond motifs is 4. The second-order valence-electron chi connectivity index (χ2n) is 9.50. The van der Waals surface area contributed by atoms with Crippen LogP contribution in [0.15, 0.2) is 78.9 Å². The predicted octanol–water partition coefficient (Wildman–Crippen LogP) is 5.04. The Balaban J connectivity index is 1.41. The summed E-state index contributed by atoms with van der Waals surface area (Å²) in [5.74, 6) is 0.425. The van der Waals surface area contributed by atoms with Crippen LogP contribution in [0.5, 0.6) is 5.75 Å². The van der Waals surface area contributed by atoms with Crippen LogP contribution >= 0.6 is 0 Å². The van der Waals surface area contributed by atoms with Crippen molar-refractivity contribution in [3.05, 3.63) is 95.7 Å². The molecule has 1 aliphatic rings. The van der Waals surface area contributed by atoms with Gasteiger partial charge in [-0.1, -0.05) is 48.5 Å². The van der Waals surface area contributed by atoms with Crippen molar-refractivity contribution in [1.29, 1.82) is 0 Å². The van der Waals surface area contributed by atoms with E-state index in [0.29, 0.717) is 35.1 Å². The van der Waals surface area contributed by atoms with E-state index in [2.05, 4.69) is 22.4 Å². The minimum Gasteiger partial charge on any atom is -0.497 e. The normalized spacial score (nSPS) is 17.2. The highest BCUT2D eigenvalue weighted by atomic mass is 16.5. The molecule has 3 N–H and O–H groups in total. The quantitative estimate of drug-likeness (QED) is 0.331. The monoisotopic (exact) mass is 477 g/mol. The van der Waals surface area contributed by atoms with Gasteiger partial charge in [0.2, 0.25) is 0 Å². The molecule has 0 fully saturated rings. The number of methoxy groups -OCH3 is 1. The van der Waals surface area contributed by atoms with Crippen molar-refractivity contribution in [3.8, 4) is 17.0 Å². The van der Waals surface area contributed by atoms with Gasteiger partial charge >= 0.3 is 0 Å². The van der Waals surface area contributed by atoms with Crippen LogP contribution in [0.3, 0.4) is 0 Å². The molecule has 180 valence electrons. The Kier molecular flexibility index (Phi) is 5.46. The van der Waals surface area contributed by atoms with Crippen molar-refractivity contribution >= 4 is 27.7 Å². The van der Waals surface area contributed by atoms with E-state index in [9.17, 15) is 9.90 Å². The summed E-state index contributed by atoms with van der Waals surface area (Å²) in [5.41, 5.74) is 5.55. The molecule has 3 aromatic carbocycles. The van der Waals surface area contributed by atoms with Gasteiger partial charge in [-0.25, -0.2) is 4.98 Å². The van der Waals surface area contributed by atoms with Crippen LogP contribution in [-0.2, 0) is 12.8 Å². The summed E-state index contributed by atoms with van der Waals surface area (Å²) >= 11 is 0. The minimum atomic E-state index is -0.754. The number of hydrogen-bond acceptors (Lipinski definition) is 4. The molecule has 6 rings (SSSR count). The summed E-state index contributed by atoms with van der Waals surface area (Å²) in [6.07, 6.45) is 1.96. The number of nitrogens with zero attached hydrogens (tertiary/aromatic N) is 1. The summed E-state index contributed by atoms with van der Waals surface area (Å²) in [6.45, 7) is -0.143. The topological polar surface area (TPSA) is 87.2 Å². The van der Waals surface area contributed by atoms with E-state index in [1.807, 2.05) is 66.7 Å². The molecule has 1 aliphatic carbocycles. The van der Waals surface area contributed by atoms with Gasteiger partial charge in [0.1, 0.15) is 5.75 Å². The van der Waals surface area contributed by atoms with Crippen molar-refractivity contribution in [3.63, 3.8) is 0 Å². The average Bonchev–Trinajstić information content (AvgIpc) is 3.30. The number of H-pyrrole nitrogens is 1. The van der Waals surface area contributed by atoms with Crippen molar-refractivity contribution in [2.24, 2.45) is 0 Å². The Hall–Kier alpha value is -4.16. The molecule has 6 nitrogen and oxygen atoms in total. The van der Waals surface area contributed by atoms with Gasteiger partial charge in [-0.2, -0.15) is 0 Å². The van der Waals surface area contributed by atoms with Crippen LogP contribution < -0.4 is 10.1 Å². The lowest BCUT2D eigenvalue weighted by Gasteiger charge is -2.36. The van der Waals surface area contributed by atoms with E-state index in [-0.39, 0.29) is 12.5 Å². The van der Waals surface area contributed by atoms with Crippen molar-refractivity contribution in [2.45, 2.75) is 24.8 Å². The van der Waals surface area contributed by atoms with Crippen LogP contribution in [0.4, 0.5) is 0 Å². The highest BCUT2D eigenvalue weighted by molar-refractivity contribution is 6.08. The fourth-order valence-electron chi connectivity index (χ4n) is 5.33.